The summed E-state index contributed by atoms with van der Waals surface area (Å²) in [6, 6.07) is 9.40. The molecule has 0 amide bonds. The van der Waals surface area contributed by atoms with Crippen LogP contribution >= 0.6 is 0 Å². The molecule has 3 nitrogen and oxygen atoms in total. The highest BCUT2D eigenvalue weighted by molar-refractivity contribution is 5.71. The van der Waals surface area contributed by atoms with Gasteiger partial charge in [-0.25, -0.2) is 0 Å². The van der Waals surface area contributed by atoms with Crippen LogP contribution in [0.25, 0.3) is 5.69 Å². The van der Waals surface area contributed by atoms with E-state index in [1.165, 1.54) is 0 Å². The van der Waals surface area contributed by atoms with Crippen LogP contribution in [0, 0.1) is 0 Å². The van der Waals surface area contributed by atoms with Crippen molar-refractivity contribution in [3.05, 3.63) is 42.7 Å². The molecule has 0 saturated heterocycles. The zero-order valence-electron chi connectivity index (χ0n) is 7.14. The van der Waals surface area contributed by atoms with Gasteiger partial charge in [0.15, 0.2) is 0 Å². The maximum Gasteiger partial charge on any atom is 0.0913 e. The Bertz CT molecular complexity index is 384. The molecule has 0 bridgehead atoms. The normalized spacial score (nSPS) is 10.2. The summed E-state index contributed by atoms with van der Waals surface area (Å²) < 4.78 is 1.91. The van der Waals surface area contributed by atoms with Gasteiger partial charge in [-0.05, 0) is 24.3 Å². The molecule has 1 heterocycles. The molecular formula is C10H11N3. The third-order valence-corrected chi connectivity index (χ3v) is 1.96. The van der Waals surface area contributed by atoms with E-state index in [1.807, 2.05) is 47.3 Å². The molecule has 0 spiro atoms. The van der Waals surface area contributed by atoms with E-state index in [1.54, 1.807) is 0 Å². The number of hydrogen-bond donors (Lipinski definition) is 2. The van der Waals surface area contributed by atoms with Crippen molar-refractivity contribution in [1.82, 2.24) is 4.57 Å². The Balaban J connectivity index is 2.64. The van der Waals surface area contributed by atoms with Crippen LogP contribution in [0.4, 0.5) is 11.4 Å². The largest absolute Gasteiger partial charge is 0.397 e. The highest BCUT2D eigenvalue weighted by Gasteiger charge is 2.03. The zero-order chi connectivity index (χ0) is 9.26. The number of para-hydroxylation sites is 1. The van der Waals surface area contributed by atoms with E-state index >= 15 is 0 Å². The van der Waals surface area contributed by atoms with Crippen LogP contribution in [-0.4, -0.2) is 4.57 Å². The molecule has 0 aliphatic rings. The summed E-state index contributed by atoms with van der Waals surface area (Å²) in [7, 11) is 0. The van der Waals surface area contributed by atoms with Crippen LogP contribution in [0.15, 0.2) is 42.7 Å². The molecule has 2 aromatic rings. The van der Waals surface area contributed by atoms with Crippen LogP contribution in [0.5, 0.6) is 0 Å². The van der Waals surface area contributed by atoms with Crippen molar-refractivity contribution in [3.63, 3.8) is 0 Å². The minimum absolute atomic E-state index is 0.691. The van der Waals surface area contributed by atoms with Crippen molar-refractivity contribution >= 4 is 11.4 Å². The molecule has 0 fully saturated rings. The zero-order valence-corrected chi connectivity index (χ0v) is 7.14. The lowest BCUT2D eigenvalue weighted by atomic mass is 10.2. The molecule has 1 aromatic heterocycles. The fourth-order valence-corrected chi connectivity index (χ4v) is 1.36. The van der Waals surface area contributed by atoms with E-state index in [2.05, 4.69) is 0 Å². The summed E-state index contributed by atoms with van der Waals surface area (Å²) in [4.78, 5) is 0. The number of nitrogens with two attached hydrogens (primary N) is 2. The topological polar surface area (TPSA) is 57.0 Å². The van der Waals surface area contributed by atoms with Gasteiger partial charge in [0.1, 0.15) is 0 Å². The maximum absolute atomic E-state index is 5.81. The number of hydrogen-bond acceptors (Lipinski definition) is 2. The summed E-state index contributed by atoms with van der Waals surface area (Å²) in [5, 5.41) is 0. The van der Waals surface area contributed by atoms with Crippen LogP contribution < -0.4 is 11.5 Å². The second-order valence-corrected chi connectivity index (χ2v) is 2.88. The summed E-state index contributed by atoms with van der Waals surface area (Å²) in [6.45, 7) is 0. The second-order valence-electron chi connectivity index (χ2n) is 2.88. The van der Waals surface area contributed by atoms with Gasteiger partial charge in [0.2, 0.25) is 0 Å². The molecule has 66 valence electrons. The number of nitrogen functional groups attached to an aromatic ring is 2. The van der Waals surface area contributed by atoms with Crippen LogP contribution in [0.3, 0.4) is 0 Å². The van der Waals surface area contributed by atoms with E-state index in [-0.39, 0.29) is 0 Å². The summed E-state index contributed by atoms with van der Waals surface area (Å²) in [5.41, 5.74) is 13.9. The first-order chi connectivity index (χ1) is 6.29. The van der Waals surface area contributed by atoms with Crippen LogP contribution in [0.2, 0.25) is 0 Å². The van der Waals surface area contributed by atoms with Crippen molar-refractivity contribution in [1.29, 1.82) is 0 Å². The molecule has 0 aliphatic heterocycles. The van der Waals surface area contributed by atoms with Gasteiger partial charge in [-0.15, -0.1) is 0 Å². The minimum Gasteiger partial charge on any atom is -0.397 e. The molecule has 0 atom stereocenters. The first-order valence-corrected chi connectivity index (χ1v) is 4.06. The predicted molar refractivity (Wildman–Crippen MR) is 54.6 cm³/mol. The first kappa shape index (κ1) is 7.73. The Morgan fingerprint density at radius 2 is 1.38 bits per heavy atom. The molecule has 0 saturated carbocycles. The van der Waals surface area contributed by atoms with Crippen molar-refractivity contribution in [2.45, 2.75) is 0 Å². The van der Waals surface area contributed by atoms with E-state index < -0.39 is 0 Å². The molecule has 4 N–H and O–H groups in total. The van der Waals surface area contributed by atoms with Gasteiger partial charge in [-0.3, -0.25) is 0 Å². The molecule has 1 aromatic carbocycles. The number of benzene rings is 1. The minimum atomic E-state index is 0.691. The fraction of sp³-hybridized carbons (Fsp3) is 0. The molecule has 0 radical (unpaired) electrons. The van der Waals surface area contributed by atoms with E-state index in [0.717, 1.165) is 5.69 Å². The lowest BCUT2D eigenvalue weighted by molar-refractivity contribution is 1.09. The van der Waals surface area contributed by atoms with Crippen LogP contribution in [0.1, 0.15) is 0 Å². The Hall–Kier alpha value is -1.90. The Kier molecular flexibility index (Phi) is 1.70. The summed E-state index contributed by atoms with van der Waals surface area (Å²) >= 11 is 0. The van der Waals surface area contributed by atoms with E-state index in [9.17, 15) is 0 Å². The first-order valence-electron chi connectivity index (χ1n) is 4.06. The average molecular weight is 173 g/mol. The Morgan fingerprint density at radius 1 is 0.846 bits per heavy atom. The highest BCUT2D eigenvalue weighted by Crippen LogP contribution is 2.23. The SMILES string of the molecule is Nc1cccc(N)c1-n1cccc1. The van der Waals surface area contributed by atoms with Crippen molar-refractivity contribution < 1.29 is 0 Å². The lowest BCUT2D eigenvalue weighted by Crippen LogP contribution is -2.01. The molecular weight excluding hydrogens is 162 g/mol. The number of aromatic nitrogens is 1. The Labute approximate surface area is 76.6 Å². The maximum atomic E-state index is 5.81. The van der Waals surface area contributed by atoms with Crippen LogP contribution in [-0.2, 0) is 0 Å². The van der Waals surface area contributed by atoms with Crippen molar-refractivity contribution in [2.75, 3.05) is 11.5 Å². The second kappa shape index (κ2) is 2.86. The van der Waals surface area contributed by atoms with Gasteiger partial charge in [0, 0.05) is 12.4 Å². The summed E-state index contributed by atoms with van der Waals surface area (Å²) in [6.07, 6.45) is 3.84. The highest BCUT2D eigenvalue weighted by atomic mass is 15.0. The van der Waals surface area contributed by atoms with Crippen molar-refractivity contribution in [2.24, 2.45) is 0 Å². The third-order valence-electron chi connectivity index (χ3n) is 1.96. The number of rotatable bonds is 1. The fourth-order valence-electron chi connectivity index (χ4n) is 1.36. The average Bonchev–Trinajstić information content (AvgIpc) is 2.57. The van der Waals surface area contributed by atoms with Crippen molar-refractivity contribution in [3.8, 4) is 5.69 Å². The quantitative estimate of drug-likeness (QED) is 0.644. The lowest BCUT2D eigenvalue weighted by Gasteiger charge is -2.09. The van der Waals surface area contributed by atoms with Gasteiger partial charge in [0.05, 0.1) is 17.1 Å². The van der Waals surface area contributed by atoms with Gasteiger partial charge in [-0.2, -0.15) is 0 Å². The third kappa shape index (κ3) is 1.24. The number of nitrogens with zero attached hydrogens (tertiary/aromatic N) is 1. The standard InChI is InChI=1S/C10H11N3/c11-8-4-3-5-9(12)10(8)13-6-1-2-7-13/h1-7H,11-12H2. The molecule has 13 heavy (non-hydrogen) atoms. The smallest absolute Gasteiger partial charge is 0.0913 e. The molecule has 0 aliphatic carbocycles. The summed E-state index contributed by atoms with van der Waals surface area (Å²) in [5.74, 6) is 0. The van der Waals surface area contributed by atoms with Gasteiger partial charge < -0.3 is 16.0 Å². The van der Waals surface area contributed by atoms with Gasteiger partial charge in [0.25, 0.3) is 0 Å². The monoisotopic (exact) mass is 173 g/mol. The molecule has 2 rings (SSSR count). The van der Waals surface area contributed by atoms with E-state index in [0.29, 0.717) is 11.4 Å². The van der Waals surface area contributed by atoms with Gasteiger partial charge >= 0.3 is 0 Å². The van der Waals surface area contributed by atoms with Gasteiger partial charge in [-0.1, -0.05) is 6.07 Å². The predicted octanol–water partition coefficient (Wildman–Crippen LogP) is 1.64. The van der Waals surface area contributed by atoms with E-state index in [4.69, 9.17) is 11.5 Å². The number of anilines is 2. The Morgan fingerprint density at radius 3 is 1.92 bits per heavy atom. The molecule has 3 heteroatoms. The molecule has 0 unspecified atom stereocenters.